The van der Waals surface area contributed by atoms with Crippen molar-refractivity contribution < 1.29 is 19.1 Å². The van der Waals surface area contributed by atoms with Crippen LogP contribution in [0, 0.1) is 5.92 Å². The van der Waals surface area contributed by atoms with Crippen LogP contribution in [0.2, 0.25) is 0 Å². The van der Waals surface area contributed by atoms with Crippen molar-refractivity contribution in [3.05, 3.63) is 12.7 Å². The summed E-state index contributed by atoms with van der Waals surface area (Å²) in [5.74, 6) is -0.420. The van der Waals surface area contributed by atoms with E-state index in [-0.39, 0.29) is 11.9 Å². The van der Waals surface area contributed by atoms with Crippen molar-refractivity contribution in [3.8, 4) is 0 Å². The van der Waals surface area contributed by atoms with Gasteiger partial charge in [-0.05, 0) is 32.6 Å². The van der Waals surface area contributed by atoms with Crippen LogP contribution in [0.15, 0.2) is 12.7 Å². The molecule has 4 nitrogen and oxygen atoms in total. The summed E-state index contributed by atoms with van der Waals surface area (Å²) in [6.45, 7) is 12.0. The molecule has 0 amide bonds. The van der Waals surface area contributed by atoms with Crippen LogP contribution in [0.25, 0.3) is 0 Å². The van der Waals surface area contributed by atoms with E-state index in [0.29, 0.717) is 12.3 Å². The third-order valence-corrected chi connectivity index (χ3v) is 2.78. The summed E-state index contributed by atoms with van der Waals surface area (Å²) in [5.41, 5.74) is -0.821. The fraction of sp³-hybridized carbons (Fsp3) is 0.714. The molecule has 0 aliphatic carbocycles. The molecule has 0 aromatic carbocycles. The number of allylic oxidation sites excluding steroid dienone is 1. The average molecular weight is 256 g/mol. The van der Waals surface area contributed by atoms with Crippen LogP contribution in [0.1, 0.15) is 47.5 Å². The van der Waals surface area contributed by atoms with Gasteiger partial charge >= 0.3 is 11.9 Å². The molecule has 104 valence electrons. The molecule has 0 aliphatic heterocycles. The molecule has 0 heterocycles. The quantitative estimate of drug-likeness (QED) is 0.519. The van der Waals surface area contributed by atoms with Crippen LogP contribution in [-0.4, -0.2) is 23.6 Å². The van der Waals surface area contributed by atoms with E-state index < -0.39 is 11.7 Å². The highest BCUT2D eigenvalue weighted by molar-refractivity contribution is 5.67. The summed E-state index contributed by atoms with van der Waals surface area (Å²) >= 11 is 0. The van der Waals surface area contributed by atoms with Gasteiger partial charge in [0, 0.05) is 13.8 Å². The minimum atomic E-state index is -0.821. The highest BCUT2D eigenvalue weighted by atomic mass is 16.6. The van der Waals surface area contributed by atoms with Crippen LogP contribution in [0.4, 0.5) is 0 Å². The molecule has 0 rings (SSSR count). The van der Waals surface area contributed by atoms with Crippen molar-refractivity contribution >= 4 is 11.9 Å². The van der Waals surface area contributed by atoms with Crippen molar-refractivity contribution in [2.75, 3.05) is 0 Å². The molecule has 0 saturated carbocycles. The Kier molecular flexibility index (Phi) is 6.66. The van der Waals surface area contributed by atoms with E-state index in [1.54, 1.807) is 13.8 Å². The predicted octanol–water partition coefficient (Wildman–Crippen LogP) is 2.86. The molecule has 18 heavy (non-hydrogen) atoms. The fourth-order valence-corrected chi connectivity index (χ4v) is 1.72. The van der Waals surface area contributed by atoms with Crippen molar-refractivity contribution in [2.45, 2.75) is 59.2 Å². The third-order valence-electron chi connectivity index (χ3n) is 2.78. The SMILES string of the molecule is C=C[C@H](C)CC[C@@H](OC(C)=O)C(C)(C)OC(C)=O. The highest BCUT2D eigenvalue weighted by Crippen LogP contribution is 2.24. The second-order valence-corrected chi connectivity index (χ2v) is 5.09. The molecule has 0 fully saturated rings. The molecule has 0 spiro atoms. The van der Waals surface area contributed by atoms with Gasteiger partial charge in [-0.3, -0.25) is 9.59 Å². The Bertz CT molecular complexity index is 307. The van der Waals surface area contributed by atoms with Crippen molar-refractivity contribution in [1.82, 2.24) is 0 Å². The van der Waals surface area contributed by atoms with Crippen molar-refractivity contribution in [2.24, 2.45) is 5.92 Å². The lowest BCUT2D eigenvalue weighted by molar-refractivity contribution is -0.179. The standard InChI is InChI=1S/C14H24O4/c1-7-10(2)8-9-13(17-11(3)15)14(5,6)18-12(4)16/h7,10,13H,1,8-9H2,2-6H3/t10-,13+/m0/s1. The van der Waals surface area contributed by atoms with Gasteiger partial charge in [0.25, 0.3) is 0 Å². The third kappa shape index (κ3) is 6.42. The molecule has 4 heteroatoms. The summed E-state index contributed by atoms with van der Waals surface area (Å²) in [7, 11) is 0. The molecule has 0 N–H and O–H groups in total. The Morgan fingerprint density at radius 1 is 1.22 bits per heavy atom. The van der Waals surface area contributed by atoms with E-state index in [4.69, 9.17) is 9.47 Å². The maximum absolute atomic E-state index is 11.1. The summed E-state index contributed by atoms with van der Waals surface area (Å²) in [5, 5.41) is 0. The topological polar surface area (TPSA) is 52.6 Å². The second-order valence-electron chi connectivity index (χ2n) is 5.09. The maximum Gasteiger partial charge on any atom is 0.303 e. The summed E-state index contributed by atoms with van der Waals surface area (Å²) in [4.78, 5) is 22.2. The molecule has 0 aliphatic rings. The fourth-order valence-electron chi connectivity index (χ4n) is 1.72. The van der Waals surface area contributed by atoms with Gasteiger partial charge in [-0.2, -0.15) is 0 Å². The normalized spacial score (nSPS) is 14.5. The first-order valence-electron chi connectivity index (χ1n) is 6.18. The van der Waals surface area contributed by atoms with Crippen molar-refractivity contribution in [1.29, 1.82) is 0 Å². The summed E-state index contributed by atoms with van der Waals surface area (Å²) in [6.07, 6.45) is 2.87. The van der Waals surface area contributed by atoms with Crippen LogP contribution in [0.3, 0.4) is 0 Å². The Morgan fingerprint density at radius 2 is 1.78 bits per heavy atom. The molecular formula is C14H24O4. The van der Waals surface area contributed by atoms with Crippen LogP contribution in [-0.2, 0) is 19.1 Å². The lowest BCUT2D eigenvalue weighted by Crippen LogP contribution is -2.43. The first-order chi connectivity index (χ1) is 8.19. The maximum atomic E-state index is 11.1. The van der Waals surface area contributed by atoms with Crippen LogP contribution >= 0.6 is 0 Å². The first-order valence-corrected chi connectivity index (χ1v) is 6.18. The van der Waals surface area contributed by atoms with Gasteiger partial charge in [-0.25, -0.2) is 0 Å². The van der Waals surface area contributed by atoms with E-state index >= 15 is 0 Å². The van der Waals surface area contributed by atoms with E-state index in [1.165, 1.54) is 13.8 Å². The van der Waals surface area contributed by atoms with Gasteiger partial charge in [0.2, 0.25) is 0 Å². The zero-order valence-electron chi connectivity index (χ0n) is 12.0. The summed E-state index contributed by atoms with van der Waals surface area (Å²) < 4.78 is 10.5. The lowest BCUT2D eigenvalue weighted by Gasteiger charge is -2.33. The number of carbonyl (C=O) groups is 2. The number of carbonyl (C=O) groups excluding carboxylic acids is 2. The largest absolute Gasteiger partial charge is 0.458 e. The Labute approximate surface area is 109 Å². The zero-order chi connectivity index (χ0) is 14.3. The molecule has 0 saturated heterocycles. The Balaban J connectivity index is 4.69. The highest BCUT2D eigenvalue weighted by Gasteiger charge is 2.35. The molecule has 0 bridgehead atoms. The van der Waals surface area contributed by atoms with E-state index in [9.17, 15) is 9.59 Å². The number of ether oxygens (including phenoxy) is 2. The minimum absolute atomic E-state index is 0.330. The van der Waals surface area contributed by atoms with Gasteiger partial charge in [-0.15, -0.1) is 6.58 Å². The zero-order valence-corrected chi connectivity index (χ0v) is 12.0. The van der Waals surface area contributed by atoms with Crippen LogP contribution in [0.5, 0.6) is 0 Å². The van der Waals surface area contributed by atoms with Gasteiger partial charge in [0.1, 0.15) is 11.7 Å². The van der Waals surface area contributed by atoms with Gasteiger partial charge in [0.05, 0.1) is 0 Å². The average Bonchev–Trinajstić information content (AvgIpc) is 2.21. The number of rotatable bonds is 7. The Hall–Kier alpha value is -1.32. The number of hydrogen-bond acceptors (Lipinski definition) is 4. The predicted molar refractivity (Wildman–Crippen MR) is 70.0 cm³/mol. The molecule has 0 radical (unpaired) electrons. The van der Waals surface area contributed by atoms with Gasteiger partial charge in [-0.1, -0.05) is 13.0 Å². The smallest absolute Gasteiger partial charge is 0.303 e. The molecular weight excluding hydrogens is 232 g/mol. The number of esters is 2. The minimum Gasteiger partial charge on any atom is -0.458 e. The van der Waals surface area contributed by atoms with E-state index in [0.717, 1.165) is 6.42 Å². The van der Waals surface area contributed by atoms with Crippen LogP contribution < -0.4 is 0 Å². The molecule has 2 atom stereocenters. The van der Waals surface area contributed by atoms with E-state index in [2.05, 4.69) is 6.58 Å². The monoisotopic (exact) mass is 256 g/mol. The molecule has 0 aromatic heterocycles. The summed E-state index contributed by atoms with van der Waals surface area (Å²) in [6, 6.07) is 0. The van der Waals surface area contributed by atoms with Crippen molar-refractivity contribution in [3.63, 3.8) is 0 Å². The lowest BCUT2D eigenvalue weighted by atomic mass is 9.93. The van der Waals surface area contributed by atoms with Gasteiger partial charge < -0.3 is 9.47 Å². The number of hydrogen-bond donors (Lipinski definition) is 0. The molecule has 0 aromatic rings. The first kappa shape index (κ1) is 16.7. The van der Waals surface area contributed by atoms with Gasteiger partial charge in [0.15, 0.2) is 0 Å². The van der Waals surface area contributed by atoms with E-state index in [1.807, 2.05) is 13.0 Å². The second kappa shape index (κ2) is 7.19. The Morgan fingerprint density at radius 3 is 2.17 bits per heavy atom. The molecule has 0 unspecified atom stereocenters.